The Morgan fingerprint density at radius 2 is 1.42 bits per heavy atom. The van der Waals surface area contributed by atoms with Gasteiger partial charge in [-0.1, -0.05) is 44.2 Å². The number of esters is 3. The van der Waals surface area contributed by atoms with Crippen molar-refractivity contribution in [1.29, 1.82) is 0 Å². The second kappa shape index (κ2) is 9.94. The third kappa shape index (κ3) is 7.68. The van der Waals surface area contributed by atoms with Gasteiger partial charge in [-0.25, -0.2) is 0 Å². The fourth-order valence-electron chi connectivity index (χ4n) is 2.09. The fraction of sp³-hybridized carbons (Fsp3) is 0.550. The average molecular weight is 364 g/mol. The smallest absolute Gasteiger partial charge is 0.314 e. The first-order valence-corrected chi connectivity index (χ1v) is 8.65. The molecule has 2 atom stereocenters. The van der Waals surface area contributed by atoms with Crippen molar-refractivity contribution in [2.24, 2.45) is 17.3 Å². The Hall–Kier alpha value is -2.37. The van der Waals surface area contributed by atoms with Crippen LogP contribution in [0.15, 0.2) is 30.3 Å². The van der Waals surface area contributed by atoms with Crippen LogP contribution in [0.5, 0.6) is 0 Å². The van der Waals surface area contributed by atoms with Crippen LogP contribution in [0, 0.1) is 17.3 Å². The summed E-state index contributed by atoms with van der Waals surface area (Å²) in [6.45, 7) is 8.27. The molecule has 6 nitrogen and oxygen atoms in total. The molecule has 0 aliphatic heterocycles. The topological polar surface area (TPSA) is 78.9 Å². The Labute approximate surface area is 154 Å². The molecule has 0 radical (unpaired) electrons. The third-order valence-corrected chi connectivity index (χ3v) is 3.74. The maximum atomic E-state index is 12.0. The molecule has 0 saturated heterocycles. The molecule has 1 rings (SSSR count). The van der Waals surface area contributed by atoms with Crippen LogP contribution in [-0.4, -0.2) is 24.7 Å². The number of rotatable bonds is 8. The lowest BCUT2D eigenvalue weighted by atomic mass is 9.97. The second-order valence-electron chi connectivity index (χ2n) is 7.39. The van der Waals surface area contributed by atoms with Crippen LogP contribution in [-0.2, 0) is 35.2 Å². The molecule has 0 amide bonds. The molecule has 0 N–H and O–H groups in total. The van der Waals surface area contributed by atoms with Crippen LogP contribution in [0.1, 0.15) is 46.6 Å². The normalized spacial score (nSPS) is 13.4. The van der Waals surface area contributed by atoms with Gasteiger partial charge in [-0.3, -0.25) is 14.4 Å². The van der Waals surface area contributed by atoms with E-state index < -0.39 is 36.0 Å². The summed E-state index contributed by atoms with van der Waals surface area (Å²) in [5.41, 5.74) is 0.246. The van der Waals surface area contributed by atoms with E-state index in [1.165, 1.54) is 0 Å². The summed E-state index contributed by atoms with van der Waals surface area (Å²) in [6, 6.07) is 9.38. The van der Waals surface area contributed by atoms with Crippen LogP contribution >= 0.6 is 0 Å². The van der Waals surface area contributed by atoms with Gasteiger partial charge in [0.2, 0.25) is 6.79 Å². The van der Waals surface area contributed by atoms with Crippen LogP contribution in [0.2, 0.25) is 0 Å². The first-order valence-electron chi connectivity index (χ1n) is 8.65. The van der Waals surface area contributed by atoms with E-state index in [1.807, 2.05) is 30.3 Å². The van der Waals surface area contributed by atoms with Crippen molar-refractivity contribution in [3.8, 4) is 0 Å². The summed E-state index contributed by atoms with van der Waals surface area (Å²) >= 11 is 0. The maximum absolute atomic E-state index is 12.0. The molecule has 1 aromatic rings. The lowest BCUT2D eigenvalue weighted by Gasteiger charge is -2.18. The molecule has 0 bridgehead atoms. The van der Waals surface area contributed by atoms with E-state index in [2.05, 4.69) is 0 Å². The third-order valence-electron chi connectivity index (χ3n) is 3.74. The summed E-state index contributed by atoms with van der Waals surface area (Å²) in [7, 11) is 0. The zero-order valence-electron chi connectivity index (χ0n) is 16.1. The zero-order chi connectivity index (χ0) is 19.7. The Kier molecular flexibility index (Phi) is 8.29. The van der Waals surface area contributed by atoms with E-state index in [9.17, 15) is 14.4 Å². The van der Waals surface area contributed by atoms with E-state index in [0.29, 0.717) is 6.42 Å². The highest BCUT2D eigenvalue weighted by Crippen LogP contribution is 2.17. The predicted molar refractivity (Wildman–Crippen MR) is 95.7 cm³/mol. The monoisotopic (exact) mass is 364 g/mol. The van der Waals surface area contributed by atoms with Crippen LogP contribution in [0.3, 0.4) is 0 Å². The zero-order valence-corrected chi connectivity index (χ0v) is 16.1. The van der Waals surface area contributed by atoms with E-state index >= 15 is 0 Å². The van der Waals surface area contributed by atoms with E-state index in [4.69, 9.17) is 14.2 Å². The van der Waals surface area contributed by atoms with Gasteiger partial charge in [-0.05, 0) is 32.8 Å². The van der Waals surface area contributed by atoms with Crippen LogP contribution in [0.4, 0.5) is 0 Å². The molecule has 0 spiro atoms. The number of carbonyl (C=O) groups is 3. The van der Waals surface area contributed by atoms with Crippen LogP contribution < -0.4 is 0 Å². The highest BCUT2D eigenvalue weighted by Gasteiger charge is 2.25. The van der Waals surface area contributed by atoms with Crippen molar-refractivity contribution in [3.63, 3.8) is 0 Å². The van der Waals surface area contributed by atoms with E-state index in [0.717, 1.165) is 5.56 Å². The summed E-state index contributed by atoms with van der Waals surface area (Å²) in [6.07, 6.45) is 0.291. The molecule has 26 heavy (non-hydrogen) atoms. The molecule has 0 fully saturated rings. The van der Waals surface area contributed by atoms with Gasteiger partial charge in [0.25, 0.3) is 0 Å². The van der Waals surface area contributed by atoms with Gasteiger partial charge in [-0.2, -0.15) is 0 Å². The second-order valence-corrected chi connectivity index (χ2v) is 7.39. The molecule has 0 heterocycles. The molecule has 0 aromatic heterocycles. The highest BCUT2D eigenvalue weighted by atomic mass is 16.7. The summed E-state index contributed by atoms with van der Waals surface area (Å²) in [5.74, 6) is -2.29. The molecule has 1 aromatic carbocycles. The minimum atomic E-state index is -0.658. The molecule has 6 heteroatoms. The van der Waals surface area contributed by atoms with Gasteiger partial charge >= 0.3 is 17.9 Å². The average Bonchev–Trinajstić information content (AvgIpc) is 2.59. The molecule has 0 aliphatic rings. The summed E-state index contributed by atoms with van der Waals surface area (Å²) in [5, 5.41) is 0. The summed E-state index contributed by atoms with van der Waals surface area (Å²) < 4.78 is 15.1. The van der Waals surface area contributed by atoms with Gasteiger partial charge in [-0.15, -0.1) is 0 Å². The van der Waals surface area contributed by atoms with Crippen LogP contribution in [0.25, 0.3) is 0 Å². The van der Waals surface area contributed by atoms with Gasteiger partial charge < -0.3 is 14.2 Å². The lowest BCUT2D eigenvalue weighted by molar-refractivity contribution is -0.175. The quantitative estimate of drug-likeness (QED) is 0.519. The summed E-state index contributed by atoms with van der Waals surface area (Å²) in [4.78, 5) is 35.6. The first-order chi connectivity index (χ1) is 12.1. The van der Waals surface area contributed by atoms with Gasteiger partial charge in [0.1, 0.15) is 6.61 Å². The SMILES string of the molecule is C[C@H](C[C@@H](C)C(=O)OCc1ccccc1)C(=O)OCOC(=O)C(C)(C)C. The minimum Gasteiger partial charge on any atom is -0.461 e. The first kappa shape index (κ1) is 21.7. The number of benzene rings is 1. The number of ether oxygens (including phenoxy) is 3. The Bertz CT molecular complexity index is 602. The van der Waals surface area contributed by atoms with E-state index in [-0.39, 0.29) is 12.6 Å². The largest absolute Gasteiger partial charge is 0.461 e. The number of carbonyl (C=O) groups excluding carboxylic acids is 3. The number of hydrogen-bond acceptors (Lipinski definition) is 6. The minimum absolute atomic E-state index is 0.200. The maximum Gasteiger partial charge on any atom is 0.314 e. The molecular formula is C20H28O6. The van der Waals surface area contributed by atoms with Crippen molar-refractivity contribution in [2.75, 3.05) is 6.79 Å². The lowest BCUT2D eigenvalue weighted by Crippen LogP contribution is -2.27. The Morgan fingerprint density at radius 1 is 0.885 bits per heavy atom. The molecule has 144 valence electrons. The molecule has 0 saturated carbocycles. The molecular weight excluding hydrogens is 336 g/mol. The van der Waals surface area contributed by atoms with Gasteiger partial charge in [0.15, 0.2) is 0 Å². The van der Waals surface area contributed by atoms with Crippen molar-refractivity contribution < 1.29 is 28.6 Å². The fourth-order valence-corrected chi connectivity index (χ4v) is 2.09. The number of hydrogen-bond donors (Lipinski definition) is 0. The van der Waals surface area contributed by atoms with Crippen molar-refractivity contribution in [3.05, 3.63) is 35.9 Å². The van der Waals surface area contributed by atoms with Gasteiger partial charge in [0.05, 0.1) is 17.3 Å². The van der Waals surface area contributed by atoms with Crippen molar-refractivity contribution in [1.82, 2.24) is 0 Å². The predicted octanol–water partition coefficient (Wildman–Crippen LogP) is 3.48. The standard InChI is InChI=1S/C20H28O6/c1-14(17(21)24-12-16-9-7-6-8-10-16)11-15(2)18(22)25-13-26-19(23)20(3,4)5/h6-10,14-15H,11-13H2,1-5H3/t14-,15-/m1/s1. The Morgan fingerprint density at radius 3 is 1.96 bits per heavy atom. The van der Waals surface area contributed by atoms with E-state index in [1.54, 1.807) is 34.6 Å². The molecule has 0 unspecified atom stereocenters. The Balaban J connectivity index is 2.33. The molecule has 0 aliphatic carbocycles. The highest BCUT2D eigenvalue weighted by molar-refractivity contribution is 5.76. The van der Waals surface area contributed by atoms with Crippen molar-refractivity contribution >= 4 is 17.9 Å². The van der Waals surface area contributed by atoms with Gasteiger partial charge in [0, 0.05) is 0 Å². The van der Waals surface area contributed by atoms with Crippen molar-refractivity contribution in [2.45, 2.75) is 47.6 Å².